The lowest BCUT2D eigenvalue weighted by molar-refractivity contribution is -0.126. The molecule has 118 valence electrons. The molecule has 1 aromatic heterocycles. The van der Waals surface area contributed by atoms with Crippen molar-refractivity contribution in [3.05, 3.63) is 40.2 Å². The molecule has 0 saturated carbocycles. The van der Waals surface area contributed by atoms with Gasteiger partial charge in [-0.1, -0.05) is 0 Å². The van der Waals surface area contributed by atoms with Crippen molar-refractivity contribution >= 4 is 34.0 Å². The molecule has 1 aromatic carbocycles. The standard InChI is InChI=1S/C16H14FN3O2S/c1-8-7-18-16(23-8)19-14(21)12-11-6-10(17)5-9-3-2-4-20(13(9)11)15(12)22/h5-7,12H,2-4H2,1H3,(H,18,19,21). The molecule has 0 saturated heterocycles. The number of hydrogen-bond donors (Lipinski definition) is 1. The summed E-state index contributed by atoms with van der Waals surface area (Å²) in [6.45, 7) is 2.46. The first-order chi connectivity index (χ1) is 11.0. The van der Waals surface area contributed by atoms with Crippen LogP contribution < -0.4 is 10.2 Å². The van der Waals surface area contributed by atoms with Crippen molar-refractivity contribution < 1.29 is 14.0 Å². The predicted molar refractivity (Wildman–Crippen MR) is 85.3 cm³/mol. The molecular formula is C16H14FN3O2S. The van der Waals surface area contributed by atoms with Crippen LogP contribution >= 0.6 is 11.3 Å². The van der Waals surface area contributed by atoms with Crippen molar-refractivity contribution in [3.8, 4) is 0 Å². The molecule has 2 amide bonds. The number of aromatic nitrogens is 1. The SMILES string of the molecule is Cc1cnc(NC(=O)C2C(=O)N3CCCc4cc(F)cc2c43)s1. The number of halogens is 1. The van der Waals surface area contributed by atoms with Crippen LogP contribution in [0.1, 0.15) is 28.3 Å². The van der Waals surface area contributed by atoms with Crippen LogP contribution in [0.25, 0.3) is 0 Å². The summed E-state index contributed by atoms with van der Waals surface area (Å²) in [5.41, 5.74) is 1.99. The van der Waals surface area contributed by atoms with Crippen LogP contribution in [-0.4, -0.2) is 23.3 Å². The number of carbonyl (C=O) groups is 2. The van der Waals surface area contributed by atoms with Gasteiger partial charge in [0.1, 0.15) is 11.7 Å². The Morgan fingerprint density at radius 2 is 2.30 bits per heavy atom. The maximum atomic E-state index is 13.9. The fourth-order valence-electron chi connectivity index (χ4n) is 3.31. The van der Waals surface area contributed by atoms with Crippen LogP contribution in [0.2, 0.25) is 0 Å². The normalized spacial score (nSPS) is 19.0. The van der Waals surface area contributed by atoms with Crippen molar-refractivity contribution in [1.82, 2.24) is 4.98 Å². The summed E-state index contributed by atoms with van der Waals surface area (Å²) in [5.74, 6) is -2.14. The average Bonchev–Trinajstić information content (AvgIpc) is 3.02. The molecule has 1 N–H and O–H groups in total. The molecule has 0 radical (unpaired) electrons. The largest absolute Gasteiger partial charge is 0.311 e. The van der Waals surface area contributed by atoms with Gasteiger partial charge in [0.25, 0.3) is 0 Å². The number of benzene rings is 1. The number of nitrogens with one attached hydrogen (secondary N) is 1. The third kappa shape index (κ3) is 2.23. The molecule has 0 fully saturated rings. The topological polar surface area (TPSA) is 62.3 Å². The molecule has 4 rings (SSSR count). The summed E-state index contributed by atoms with van der Waals surface area (Å²) in [6, 6.07) is 2.77. The summed E-state index contributed by atoms with van der Waals surface area (Å²) in [7, 11) is 0. The average molecular weight is 331 g/mol. The smallest absolute Gasteiger partial charge is 0.244 e. The van der Waals surface area contributed by atoms with Crippen LogP contribution in [0.3, 0.4) is 0 Å². The van der Waals surface area contributed by atoms with E-state index < -0.39 is 17.6 Å². The van der Waals surface area contributed by atoms with Crippen LogP contribution in [0.5, 0.6) is 0 Å². The first kappa shape index (κ1) is 14.3. The predicted octanol–water partition coefficient (Wildman–Crippen LogP) is 2.61. The number of rotatable bonds is 2. The van der Waals surface area contributed by atoms with E-state index in [1.807, 2.05) is 6.92 Å². The minimum atomic E-state index is -0.998. The fourth-order valence-corrected chi connectivity index (χ4v) is 3.98. The second-order valence-corrected chi connectivity index (χ2v) is 7.03. The lowest BCUT2D eigenvalue weighted by Crippen LogP contribution is -2.36. The Morgan fingerprint density at radius 1 is 1.48 bits per heavy atom. The number of aryl methyl sites for hydroxylation is 2. The van der Waals surface area contributed by atoms with Crippen molar-refractivity contribution in [3.63, 3.8) is 0 Å². The summed E-state index contributed by atoms with van der Waals surface area (Å²) in [5, 5.41) is 3.13. The zero-order valence-electron chi connectivity index (χ0n) is 12.4. The molecular weight excluding hydrogens is 317 g/mol. The third-order valence-corrected chi connectivity index (χ3v) is 5.05. The van der Waals surface area contributed by atoms with E-state index in [2.05, 4.69) is 10.3 Å². The van der Waals surface area contributed by atoms with E-state index in [0.717, 1.165) is 29.0 Å². The van der Waals surface area contributed by atoms with Gasteiger partial charge in [0.15, 0.2) is 5.13 Å². The molecule has 0 aliphatic carbocycles. The van der Waals surface area contributed by atoms with Crippen LogP contribution in [-0.2, 0) is 16.0 Å². The lowest BCUT2D eigenvalue weighted by Gasteiger charge is -2.25. The summed E-state index contributed by atoms with van der Waals surface area (Å²) < 4.78 is 13.9. The van der Waals surface area contributed by atoms with Gasteiger partial charge in [-0.05, 0) is 37.5 Å². The van der Waals surface area contributed by atoms with Gasteiger partial charge in [0, 0.05) is 23.2 Å². The molecule has 5 nitrogen and oxygen atoms in total. The number of carbonyl (C=O) groups excluding carboxylic acids is 2. The monoisotopic (exact) mass is 331 g/mol. The summed E-state index contributed by atoms with van der Waals surface area (Å²) in [4.78, 5) is 31.9. The van der Waals surface area contributed by atoms with Gasteiger partial charge >= 0.3 is 0 Å². The van der Waals surface area contributed by atoms with Gasteiger partial charge in [0.05, 0.1) is 5.69 Å². The zero-order chi connectivity index (χ0) is 16.1. The van der Waals surface area contributed by atoms with E-state index in [9.17, 15) is 14.0 Å². The second kappa shape index (κ2) is 5.13. The fraction of sp³-hybridized carbons (Fsp3) is 0.312. The van der Waals surface area contributed by atoms with Crippen LogP contribution in [0.4, 0.5) is 15.2 Å². The van der Waals surface area contributed by atoms with E-state index in [0.29, 0.717) is 17.2 Å². The summed E-state index contributed by atoms with van der Waals surface area (Å²) >= 11 is 1.34. The number of amides is 2. The van der Waals surface area contributed by atoms with Crippen molar-refractivity contribution in [2.45, 2.75) is 25.7 Å². The van der Waals surface area contributed by atoms with Gasteiger partial charge in [-0.2, -0.15) is 0 Å². The zero-order valence-corrected chi connectivity index (χ0v) is 13.2. The number of thiazole rings is 1. The highest BCUT2D eigenvalue weighted by Crippen LogP contribution is 2.43. The Hall–Kier alpha value is -2.28. The molecule has 23 heavy (non-hydrogen) atoms. The quantitative estimate of drug-likeness (QED) is 0.861. The minimum Gasteiger partial charge on any atom is -0.311 e. The maximum Gasteiger partial charge on any atom is 0.244 e. The molecule has 0 bridgehead atoms. The van der Waals surface area contributed by atoms with E-state index in [4.69, 9.17) is 0 Å². The number of anilines is 2. The van der Waals surface area contributed by atoms with E-state index in [-0.39, 0.29) is 5.91 Å². The first-order valence-electron chi connectivity index (χ1n) is 7.41. The first-order valence-corrected chi connectivity index (χ1v) is 8.23. The maximum absolute atomic E-state index is 13.9. The van der Waals surface area contributed by atoms with Crippen LogP contribution in [0.15, 0.2) is 18.3 Å². The molecule has 1 unspecified atom stereocenters. The Kier molecular flexibility index (Phi) is 3.19. The van der Waals surface area contributed by atoms with Gasteiger partial charge in [-0.15, -0.1) is 11.3 Å². The molecule has 3 heterocycles. The van der Waals surface area contributed by atoms with E-state index >= 15 is 0 Å². The van der Waals surface area contributed by atoms with Crippen molar-refractivity contribution in [1.29, 1.82) is 0 Å². The highest BCUT2D eigenvalue weighted by molar-refractivity contribution is 7.15. The Morgan fingerprint density at radius 3 is 3.04 bits per heavy atom. The van der Waals surface area contributed by atoms with Gasteiger partial charge in [-0.25, -0.2) is 9.37 Å². The number of nitrogens with zero attached hydrogens (tertiary/aromatic N) is 2. The van der Waals surface area contributed by atoms with Gasteiger partial charge in [0.2, 0.25) is 11.8 Å². The molecule has 1 atom stereocenters. The van der Waals surface area contributed by atoms with Crippen molar-refractivity contribution in [2.24, 2.45) is 0 Å². The third-order valence-electron chi connectivity index (χ3n) is 4.22. The van der Waals surface area contributed by atoms with E-state index in [1.165, 1.54) is 23.5 Å². The van der Waals surface area contributed by atoms with Crippen molar-refractivity contribution in [2.75, 3.05) is 16.8 Å². The minimum absolute atomic E-state index is 0.280. The van der Waals surface area contributed by atoms with E-state index in [1.54, 1.807) is 11.1 Å². The molecule has 7 heteroatoms. The summed E-state index contributed by atoms with van der Waals surface area (Å²) in [6.07, 6.45) is 3.16. The molecule has 2 aliphatic rings. The van der Waals surface area contributed by atoms with Crippen LogP contribution in [0, 0.1) is 12.7 Å². The Labute approximate surface area is 136 Å². The molecule has 2 aliphatic heterocycles. The second-order valence-electron chi connectivity index (χ2n) is 5.79. The highest BCUT2D eigenvalue weighted by atomic mass is 32.1. The lowest BCUT2D eigenvalue weighted by atomic mass is 9.95. The number of hydrogen-bond acceptors (Lipinski definition) is 4. The Bertz CT molecular complexity index is 833. The Balaban J connectivity index is 1.73. The highest BCUT2D eigenvalue weighted by Gasteiger charge is 2.44. The van der Waals surface area contributed by atoms with Gasteiger partial charge < -0.3 is 10.2 Å². The van der Waals surface area contributed by atoms with Gasteiger partial charge in [-0.3, -0.25) is 9.59 Å². The molecule has 0 spiro atoms. The molecule has 2 aromatic rings.